The molecule has 106 valence electrons. The molecule has 1 aromatic heterocycles. The molecule has 1 heterocycles. The van der Waals surface area contributed by atoms with E-state index < -0.39 is 5.97 Å². The van der Waals surface area contributed by atoms with Gasteiger partial charge in [-0.3, -0.25) is 4.79 Å². The highest BCUT2D eigenvalue weighted by Crippen LogP contribution is 2.14. The van der Waals surface area contributed by atoms with Gasteiger partial charge in [-0.1, -0.05) is 6.92 Å². The molecule has 0 radical (unpaired) electrons. The summed E-state index contributed by atoms with van der Waals surface area (Å²) in [5.41, 5.74) is 0.106. The van der Waals surface area contributed by atoms with Crippen LogP contribution in [0, 0.1) is 5.92 Å². The summed E-state index contributed by atoms with van der Waals surface area (Å²) in [4.78, 5) is 28.4. The van der Waals surface area contributed by atoms with Gasteiger partial charge in [0.05, 0.1) is 19.6 Å². The number of hydrogen-bond donors (Lipinski definition) is 0. The lowest BCUT2D eigenvalue weighted by molar-refractivity contribution is -0.144. The third-order valence-electron chi connectivity index (χ3n) is 2.45. The van der Waals surface area contributed by atoms with E-state index in [2.05, 4.69) is 9.72 Å². The van der Waals surface area contributed by atoms with E-state index in [0.29, 0.717) is 6.54 Å². The summed E-state index contributed by atoms with van der Waals surface area (Å²) < 4.78 is 14.6. The molecule has 0 saturated carbocycles. The molecule has 0 spiro atoms. The van der Waals surface area contributed by atoms with Gasteiger partial charge in [-0.15, -0.1) is 0 Å². The first-order valence-corrected chi connectivity index (χ1v) is 5.91. The smallest absolute Gasteiger partial charge is 0.360 e. The summed E-state index contributed by atoms with van der Waals surface area (Å²) in [6.07, 6.45) is 1.23. The van der Waals surface area contributed by atoms with E-state index in [9.17, 15) is 9.59 Å². The number of aromatic nitrogens is 1. The maximum atomic E-state index is 11.4. The van der Waals surface area contributed by atoms with Gasteiger partial charge in [0.25, 0.3) is 6.01 Å². The predicted octanol–water partition coefficient (Wildman–Crippen LogP) is 1.10. The van der Waals surface area contributed by atoms with Crippen molar-refractivity contribution in [3.8, 4) is 0 Å². The minimum Gasteiger partial charge on any atom is -0.469 e. The van der Waals surface area contributed by atoms with Crippen LogP contribution >= 0.6 is 0 Å². The van der Waals surface area contributed by atoms with Crippen LogP contribution in [0.15, 0.2) is 10.7 Å². The molecular formula is C12H18N2O5. The van der Waals surface area contributed by atoms with Crippen LogP contribution in [-0.2, 0) is 14.3 Å². The minimum atomic E-state index is -0.535. The molecule has 0 aliphatic heterocycles. The largest absolute Gasteiger partial charge is 0.469 e. The second-order valence-corrected chi connectivity index (χ2v) is 4.04. The van der Waals surface area contributed by atoms with Crippen molar-refractivity contribution < 1.29 is 23.5 Å². The van der Waals surface area contributed by atoms with Gasteiger partial charge < -0.3 is 18.8 Å². The molecule has 0 fully saturated rings. The molecule has 19 heavy (non-hydrogen) atoms. The zero-order valence-corrected chi connectivity index (χ0v) is 11.5. The molecule has 1 unspecified atom stereocenters. The van der Waals surface area contributed by atoms with Crippen molar-refractivity contribution in [1.29, 1.82) is 0 Å². The average Bonchev–Trinajstić information content (AvgIpc) is 2.87. The zero-order valence-electron chi connectivity index (χ0n) is 11.5. The highest BCUT2D eigenvalue weighted by atomic mass is 16.5. The number of methoxy groups -OCH3 is 1. The Labute approximate surface area is 111 Å². The van der Waals surface area contributed by atoms with E-state index in [1.54, 1.807) is 25.8 Å². The highest BCUT2D eigenvalue weighted by Gasteiger charge is 2.20. The molecule has 1 atom stereocenters. The average molecular weight is 270 g/mol. The number of carbonyl (C=O) groups excluding carboxylic acids is 2. The van der Waals surface area contributed by atoms with Crippen LogP contribution in [0.25, 0.3) is 0 Å². The van der Waals surface area contributed by atoms with Gasteiger partial charge in [0.15, 0.2) is 5.69 Å². The van der Waals surface area contributed by atoms with Gasteiger partial charge in [0.2, 0.25) is 0 Å². The Morgan fingerprint density at radius 1 is 1.53 bits per heavy atom. The van der Waals surface area contributed by atoms with E-state index >= 15 is 0 Å². The summed E-state index contributed by atoms with van der Waals surface area (Å²) >= 11 is 0. The molecule has 0 amide bonds. The van der Waals surface area contributed by atoms with Crippen molar-refractivity contribution in [2.75, 3.05) is 32.2 Å². The topological polar surface area (TPSA) is 81.9 Å². The highest BCUT2D eigenvalue weighted by molar-refractivity contribution is 5.87. The summed E-state index contributed by atoms with van der Waals surface area (Å²) in [6, 6.07) is 0.249. The van der Waals surface area contributed by atoms with E-state index in [0.717, 1.165) is 0 Å². The Bertz CT molecular complexity index is 443. The van der Waals surface area contributed by atoms with Gasteiger partial charge >= 0.3 is 11.9 Å². The Morgan fingerprint density at radius 3 is 2.79 bits per heavy atom. The van der Waals surface area contributed by atoms with Crippen LogP contribution < -0.4 is 4.90 Å². The SMILES string of the molecule is CCOC(=O)c1coc(N(C)CC(C)C(=O)OC)n1. The van der Waals surface area contributed by atoms with Crippen molar-refractivity contribution in [2.24, 2.45) is 5.92 Å². The molecular weight excluding hydrogens is 252 g/mol. The second-order valence-electron chi connectivity index (χ2n) is 4.04. The summed E-state index contributed by atoms with van der Waals surface area (Å²) in [5, 5.41) is 0. The Balaban J connectivity index is 2.65. The van der Waals surface area contributed by atoms with Crippen LogP contribution in [0.1, 0.15) is 24.3 Å². The quantitative estimate of drug-likeness (QED) is 0.716. The van der Waals surface area contributed by atoms with Crippen LogP contribution in [0.4, 0.5) is 6.01 Å². The van der Waals surface area contributed by atoms with Crippen LogP contribution in [-0.4, -0.2) is 44.2 Å². The fourth-order valence-electron chi connectivity index (χ4n) is 1.50. The maximum Gasteiger partial charge on any atom is 0.360 e. The predicted molar refractivity (Wildman–Crippen MR) is 66.9 cm³/mol. The molecule has 7 nitrogen and oxygen atoms in total. The number of nitrogens with zero attached hydrogens (tertiary/aromatic N) is 2. The monoisotopic (exact) mass is 270 g/mol. The summed E-state index contributed by atoms with van der Waals surface area (Å²) in [7, 11) is 3.04. The fraction of sp³-hybridized carbons (Fsp3) is 0.583. The van der Waals surface area contributed by atoms with E-state index in [-0.39, 0.29) is 30.2 Å². The van der Waals surface area contributed by atoms with E-state index in [4.69, 9.17) is 9.15 Å². The molecule has 0 aromatic carbocycles. The first-order chi connectivity index (χ1) is 8.99. The van der Waals surface area contributed by atoms with Gasteiger partial charge in [-0.05, 0) is 6.92 Å². The maximum absolute atomic E-state index is 11.4. The van der Waals surface area contributed by atoms with E-state index in [1.165, 1.54) is 13.4 Å². The lowest BCUT2D eigenvalue weighted by atomic mass is 10.2. The third kappa shape index (κ3) is 3.97. The summed E-state index contributed by atoms with van der Waals surface area (Å²) in [6.45, 7) is 4.09. The van der Waals surface area contributed by atoms with Crippen LogP contribution in [0.5, 0.6) is 0 Å². The van der Waals surface area contributed by atoms with E-state index in [1.807, 2.05) is 0 Å². The molecule has 1 rings (SSSR count). The number of ether oxygens (including phenoxy) is 2. The molecule has 1 aromatic rings. The van der Waals surface area contributed by atoms with Gasteiger partial charge in [0.1, 0.15) is 6.26 Å². The van der Waals surface area contributed by atoms with Crippen molar-refractivity contribution in [3.63, 3.8) is 0 Å². The fourth-order valence-corrected chi connectivity index (χ4v) is 1.50. The molecule has 0 N–H and O–H groups in total. The number of anilines is 1. The standard InChI is InChI=1S/C12H18N2O5/c1-5-18-11(16)9-7-19-12(13-9)14(3)6-8(2)10(15)17-4/h7-8H,5-6H2,1-4H3. The molecule has 0 aliphatic rings. The number of hydrogen-bond acceptors (Lipinski definition) is 7. The Kier molecular flexibility index (Phi) is 5.35. The van der Waals surface area contributed by atoms with Crippen molar-refractivity contribution in [2.45, 2.75) is 13.8 Å². The van der Waals surface area contributed by atoms with Crippen LogP contribution in [0.3, 0.4) is 0 Å². The molecule has 0 aliphatic carbocycles. The molecule has 0 bridgehead atoms. The number of esters is 2. The molecule has 7 heteroatoms. The third-order valence-corrected chi connectivity index (χ3v) is 2.45. The number of carbonyl (C=O) groups is 2. The number of rotatable bonds is 6. The Hall–Kier alpha value is -2.05. The van der Waals surface area contributed by atoms with Crippen LogP contribution in [0.2, 0.25) is 0 Å². The molecule has 0 saturated heterocycles. The van der Waals surface area contributed by atoms with Gasteiger partial charge in [-0.25, -0.2) is 4.79 Å². The van der Waals surface area contributed by atoms with Crippen molar-refractivity contribution >= 4 is 18.0 Å². The van der Waals surface area contributed by atoms with Crippen molar-refractivity contribution in [3.05, 3.63) is 12.0 Å². The number of oxazole rings is 1. The second kappa shape index (κ2) is 6.77. The Morgan fingerprint density at radius 2 is 2.21 bits per heavy atom. The minimum absolute atomic E-state index is 0.106. The lowest BCUT2D eigenvalue weighted by Crippen LogP contribution is -2.29. The normalized spacial score (nSPS) is 11.8. The first-order valence-electron chi connectivity index (χ1n) is 5.91. The van der Waals surface area contributed by atoms with Gasteiger partial charge in [0, 0.05) is 13.6 Å². The zero-order chi connectivity index (χ0) is 14.4. The summed E-state index contributed by atoms with van der Waals surface area (Å²) in [5.74, 6) is -1.18. The van der Waals surface area contributed by atoms with Gasteiger partial charge in [-0.2, -0.15) is 4.98 Å². The first kappa shape index (κ1) is 15.0. The lowest BCUT2D eigenvalue weighted by Gasteiger charge is -2.17. The van der Waals surface area contributed by atoms with Crippen molar-refractivity contribution in [1.82, 2.24) is 4.98 Å².